The maximum absolute atomic E-state index is 12.2. The first-order chi connectivity index (χ1) is 9.97. The number of rotatable bonds is 4. The Balaban J connectivity index is 2.01. The Labute approximate surface area is 126 Å². The molecule has 0 aliphatic carbocycles. The van der Waals surface area contributed by atoms with Crippen molar-refractivity contribution in [2.24, 2.45) is 0 Å². The molecule has 0 bridgehead atoms. The lowest BCUT2D eigenvalue weighted by Gasteiger charge is -2.14. The highest BCUT2D eigenvalue weighted by Crippen LogP contribution is 2.22. The highest BCUT2D eigenvalue weighted by Gasteiger charge is 2.12. The SMILES string of the molecule is Cc1cccc(NC(=O)CC(C)c2ccc(N)cc2)c1C. The molecule has 2 rings (SSSR count). The molecule has 1 amide bonds. The summed E-state index contributed by atoms with van der Waals surface area (Å²) in [4.78, 5) is 12.2. The van der Waals surface area contributed by atoms with Crippen LogP contribution in [0.3, 0.4) is 0 Å². The molecule has 3 nitrogen and oxygen atoms in total. The maximum atomic E-state index is 12.2. The van der Waals surface area contributed by atoms with Crippen molar-refractivity contribution in [3.05, 3.63) is 59.2 Å². The third-order valence-electron chi connectivity index (χ3n) is 3.88. The van der Waals surface area contributed by atoms with Crippen molar-refractivity contribution in [3.63, 3.8) is 0 Å². The fourth-order valence-electron chi connectivity index (χ4n) is 2.31. The third kappa shape index (κ3) is 3.85. The van der Waals surface area contributed by atoms with Gasteiger partial charge in [0.25, 0.3) is 0 Å². The Hall–Kier alpha value is -2.29. The summed E-state index contributed by atoms with van der Waals surface area (Å²) >= 11 is 0. The van der Waals surface area contributed by atoms with Gasteiger partial charge in [0.05, 0.1) is 0 Å². The van der Waals surface area contributed by atoms with E-state index < -0.39 is 0 Å². The van der Waals surface area contributed by atoms with Crippen LogP contribution in [0.15, 0.2) is 42.5 Å². The van der Waals surface area contributed by atoms with Crippen molar-refractivity contribution in [2.45, 2.75) is 33.1 Å². The highest BCUT2D eigenvalue weighted by atomic mass is 16.1. The van der Waals surface area contributed by atoms with Gasteiger partial charge in [-0.2, -0.15) is 0 Å². The van der Waals surface area contributed by atoms with Crippen LogP contribution >= 0.6 is 0 Å². The number of nitrogen functional groups attached to an aromatic ring is 1. The standard InChI is InChI=1S/C18H22N2O/c1-12-5-4-6-17(14(12)3)20-18(21)11-13(2)15-7-9-16(19)10-8-15/h4-10,13H,11,19H2,1-3H3,(H,20,21). The monoisotopic (exact) mass is 282 g/mol. The lowest BCUT2D eigenvalue weighted by atomic mass is 9.97. The summed E-state index contributed by atoms with van der Waals surface area (Å²) in [7, 11) is 0. The molecule has 0 aliphatic rings. The first-order valence-corrected chi connectivity index (χ1v) is 7.19. The molecule has 0 spiro atoms. The van der Waals surface area contributed by atoms with E-state index in [1.54, 1.807) is 0 Å². The topological polar surface area (TPSA) is 55.1 Å². The molecule has 0 aromatic heterocycles. The molecule has 3 heteroatoms. The first kappa shape index (κ1) is 15.1. The molecule has 0 heterocycles. The Morgan fingerprint density at radius 2 is 1.81 bits per heavy atom. The molecular weight excluding hydrogens is 260 g/mol. The molecule has 0 saturated heterocycles. The van der Waals surface area contributed by atoms with Crippen molar-refractivity contribution < 1.29 is 4.79 Å². The van der Waals surface area contributed by atoms with E-state index in [1.807, 2.05) is 63.2 Å². The van der Waals surface area contributed by atoms with E-state index >= 15 is 0 Å². The summed E-state index contributed by atoms with van der Waals surface area (Å²) in [6.07, 6.45) is 0.456. The predicted octanol–water partition coefficient (Wildman–Crippen LogP) is 4.02. The van der Waals surface area contributed by atoms with E-state index in [0.29, 0.717) is 6.42 Å². The number of nitrogens with one attached hydrogen (secondary N) is 1. The summed E-state index contributed by atoms with van der Waals surface area (Å²) in [6.45, 7) is 6.12. The van der Waals surface area contributed by atoms with E-state index in [9.17, 15) is 4.79 Å². The Bertz CT molecular complexity index is 632. The second kappa shape index (κ2) is 6.44. The second-order valence-electron chi connectivity index (χ2n) is 5.57. The number of carbonyl (C=O) groups is 1. The van der Waals surface area contributed by atoms with Crippen LogP contribution in [0.2, 0.25) is 0 Å². The lowest BCUT2D eigenvalue weighted by molar-refractivity contribution is -0.116. The third-order valence-corrected chi connectivity index (χ3v) is 3.88. The van der Waals surface area contributed by atoms with Gasteiger partial charge in [0.15, 0.2) is 0 Å². The van der Waals surface area contributed by atoms with Gasteiger partial charge in [-0.3, -0.25) is 4.79 Å². The minimum atomic E-state index is 0.0352. The fourth-order valence-corrected chi connectivity index (χ4v) is 2.31. The summed E-state index contributed by atoms with van der Waals surface area (Å²) in [6, 6.07) is 13.6. The number of carbonyl (C=O) groups excluding carboxylic acids is 1. The van der Waals surface area contributed by atoms with Gasteiger partial charge in [0, 0.05) is 17.8 Å². The van der Waals surface area contributed by atoms with Gasteiger partial charge in [-0.25, -0.2) is 0 Å². The predicted molar refractivity (Wildman–Crippen MR) is 88.4 cm³/mol. The molecule has 3 N–H and O–H groups in total. The van der Waals surface area contributed by atoms with E-state index in [4.69, 9.17) is 5.73 Å². The molecule has 0 fully saturated rings. The van der Waals surface area contributed by atoms with Gasteiger partial charge in [-0.1, -0.05) is 31.2 Å². The number of benzene rings is 2. The van der Waals surface area contributed by atoms with Crippen LogP contribution in [-0.4, -0.2) is 5.91 Å². The van der Waals surface area contributed by atoms with Crippen LogP contribution in [0.1, 0.15) is 36.0 Å². The normalized spacial score (nSPS) is 12.0. The molecule has 2 aromatic rings. The summed E-state index contributed by atoms with van der Waals surface area (Å²) in [5.74, 6) is 0.198. The Morgan fingerprint density at radius 1 is 1.14 bits per heavy atom. The molecule has 1 atom stereocenters. The van der Waals surface area contributed by atoms with Crippen LogP contribution in [0.5, 0.6) is 0 Å². The quantitative estimate of drug-likeness (QED) is 0.832. The lowest BCUT2D eigenvalue weighted by Crippen LogP contribution is -2.15. The summed E-state index contributed by atoms with van der Waals surface area (Å²) in [5, 5.41) is 3.00. The van der Waals surface area contributed by atoms with E-state index in [-0.39, 0.29) is 11.8 Å². The number of amides is 1. The van der Waals surface area contributed by atoms with Gasteiger partial charge < -0.3 is 11.1 Å². The molecule has 0 saturated carbocycles. The number of anilines is 2. The molecule has 0 aliphatic heterocycles. The number of nitrogens with two attached hydrogens (primary N) is 1. The summed E-state index contributed by atoms with van der Waals surface area (Å²) < 4.78 is 0. The highest BCUT2D eigenvalue weighted by molar-refractivity contribution is 5.92. The fraction of sp³-hybridized carbons (Fsp3) is 0.278. The van der Waals surface area contributed by atoms with E-state index in [0.717, 1.165) is 22.5 Å². The molecular formula is C18H22N2O. The van der Waals surface area contributed by atoms with Crippen molar-refractivity contribution in [1.82, 2.24) is 0 Å². The minimum Gasteiger partial charge on any atom is -0.399 e. The van der Waals surface area contributed by atoms with Crippen molar-refractivity contribution >= 4 is 17.3 Å². The van der Waals surface area contributed by atoms with E-state index in [1.165, 1.54) is 5.56 Å². The zero-order valence-electron chi connectivity index (χ0n) is 12.8. The van der Waals surface area contributed by atoms with Crippen LogP contribution in [0.25, 0.3) is 0 Å². The minimum absolute atomic E-state index is 0.0352. The molecule has 1 unspecified atom stereocenters. The Kier molecular flexibility index (Phi) is 4.63. The van der Waals surface area contributed by atoms with Gasteiger partial charge in [0.2, 0.25) is 5.91 Å². The van der Waals surface area contributed by atoms with Crippen molar-refractivity contribution in [1.29, 1.82) is 0 Å². The first-order valence-electron chi connectivity index (χ1n) is 7.19. The molecule has 2 aromatic carbocycles. The van der Waals surface area contributed by atoms with Gasteiger partial charge in [0.1, 0.15) is 0 Å². The smallest absolute Gasteiger partial charge is 0.224 e. The van der Waals surface area contributed by atoms with Crippen molar-refractivity contribution in [2.75, 3.05) is 11.1 Å². The van der Waals surface area contributed by atoms with Crippen LogP contribution in [-0.2, 0) is 4.79 Å². The molecule has 110 valence electrons. The molecule has 21 heavy (non-hydrogen) atoms. The average molecular weight is 282 g/mol. The number of aryl methyl sites for hydroxylation is 1. The average Bonchev–Trinajstić information content (AvgIpc) is 2.44. The van der Waals surface area contributed by atoms with Crippen molar-refractivity contribution in [3.8, 4) is 0 Å². The summed E-state index contributed by atoms with van der Waals surface area (Å²) in [5.41, 5.74) is 10.7. The number of hydrogen-bond donors (Lipinski definition) is 2. The Morgan fingerprint density at radius 3 is 2.48 bits per heavy atom. The van der Waals surface area contributed by atoms with E-state index in [2.05, 4.69) is 5.32 Å². The number of hydrogen-bond acceptors (Lipinski definition) is 2. The van der Waals surface area contributed by atoms with Gasteiger partial charge >= 0.3 is 0 Å². The maximum Gasteiger partial charge on any atom is 0.224 e. The van der Waals surface area contributed by atoms with Crippen LogP contribution < -0.4 is 11.1 Å². The van der Waals surface area contributed by atoms with Gasteiger partial charge in [-0.05, 0) is 54.7 Å². The molecule has 0 radical (unpaired) electrons. The largest absolute Gasteiger partial charge is 0.399 e. The van der Waals surface area contributed by atoms with Gasteiger partial charge in [-0.15, -0.1) is 0 Å². The zero-order chi connectivity index (χ0) is 15.4. The zero-order valence-corrected chi connectivity index (χ0v) is 12.8. The second-order valence-corrected chi connectivity index (χ2v) is 5.57. The van der Waals surface area contributed by atoms with Crippen LogP contribution in [0, 0.1) is 13.8 Å². The van der Waals surface area contributed by atoms with Crippen LogP contribution in [0.4, 0.5) is 11.4 Å².